The van der Waals surface area contributed by atoms with Crippen molar-refractivity contribution < 1.29 is 27.8 Å². The first-order valence-electron chi connectivity index (χ1n) is 10.7. The molecule has 2 aliphatic rings. The third-order valence-electron chi connectivity index (χ3n) is 6.07. The lowest BCUT2D eigenvalue weighted by atomic mass is 9.84. The molecule has 0 aromatic heterocycles. The maximum absolute atomic E-state index is 12.7. The van der Waals surface area contributed by atoms with Crippen molar-refractivity contribution in [2.75, 3.05) is 20.2 Å². The number of carbonyl (C=O) groups is 2. The van der Waals surface area contributed by atoms with Crippen molar-refractivity contribution >= 4 is 11.8 Å². The molecular formula is C22H30F2N2O4. The van der Waals surface area contributed by atoms with E-state index in [1.54, 1.807) is 0 Å². The molecule has 1 saturated heterocycles. The van der Waals surface area contributed by atoms with Gasteiger partial charge in [-0.25, -0.2) is 0 Å². The van der Waals surface area contributed by atoms with E-state index in [0.717, 1.165) is 25.8 Å². The van der Waals surface area contributed by atoms with Crippen LogP contribution in [0.5, 0.6) is 11.5 Å². The molecule has 0 radical (unpaired) electrons. The topological polar surface area (TPSA) is 67.9 Å². The van der Waals surface area contributed by atoms with E-state index in [1.165, 1.54) is 57.4 Å². The Kier molecular flexibility index (Phi) is 7.87. The van der Waals surface area contributed by atoms with Crippen molar-refractivity contribution in [3.8, 4) is 11.5 Å². The van der Waals surface area contributed by atoms with Gasteiger partial charge in [-0.05, 0) is 43.4 Å². The summed E-state index contributed by atoms with van der Waals surface area (Å²) in [5.41, 5.74) is 0.210. The summed E-state index contributed by atoms with van der Waals surface area (Å²) < 4.78 is 34.2. The molecule has 2 fully saturated rings. The lowest BCUT2D eigenvalue weighted by Gasteiger charge is -2.30. The van der Waals surface area contributed by atoms with E-state index in [4.69, 9.17) is 4.74 Å². The molecule has 1 atom stereocenters. The highest BCUT2D eigenvalue weighted by molar-refractivity contribution is 5.97. The summed E-state index contributed by atoms with van der Waals surface area (Å²) in [6.45, 7) is -2.34. The number of hydrogen-bond acceptors (Lipinski definition) is 4. The van der Waals surface area contributed by atoms with Gasteiger partial charge < -0.3 is 19.7 Å². The zero-order valence-corrected chi connectivity index (χ0v) is 17.4. The number of alkyl halides is 2. The maximum atomic E-state index is 12.7. The summed E-state index contributed by atoms with van der Waals surface area (Å²) >= 11 is 0. The number of likely N-dealkylation sites (tertiary alicyclic amines) is 1. The largest absolute Gasteiger partial charge is 0.493 e. The molecule has 30 heavy (non-hydrogen) atoms. The second-order valence-corrected chi connectivity index (χ2v) is 8.05. The molecule has 1 heterocycles. The van der Waals surface area contributed by atoms with Gasteiger partial charge in [-0.15, -0.1) is 0 Å². The van der Waals surface area contributed by atoms with Crippen molar-refractivity contribution in [1.82, 2.24) is 10.2 Å². The molecule has 1 unspecified atom stereocenters. The van der Waals surface area contributed by atoms with Gasteiger partial charge in [0.15, 0.2) is 11.5 Å². The summed E-state index contributed by atoms with van der Waals surface area (Å²) in [4.78, 5) is 27.1. The SMILES string of the molecule is COc1cc(C(=O)NCC(=O)N2CCCC2CC2CCCCC2)ccc1OC(F)F. The first-order chi connectivity index (χ1) is 14.5. The van der Waals surface area contributed by atoms with Crippen molar-refractivity contribution in [2.24, 2.45) is 5.92 Å². The smallest absolute Gasteiger partial charge is 0.387 e. The summed E-state index contributed by atoms with van der Waals surface area (Å²) in [5, 5.41) is 2.64. The predicted molar refractivity (Wildman–Crippen MR) is 108 cm³/mol. The molecule has 1 aromatic carbocycles. The summed E-state index contributed by atoms with van der Waals surface area (Å²) in [6.07, 6.45) is 9.47. The minimum absolute atomic E-state index is 0.0290. The van der Waals surface area contributed by atoms with Crippen LogP contribution < -0.4 is 14.8 Å². The van der Waals surface area contributed by atoms with Crippen LogP contribution in [-0.2, 0) is 4.79 Å². The fourth-order valence-corrected chi connectivity index (χ4v) is 4.58. The van der Waals surface area contributed by atoms with Crippen LogP contribution >= 0.6 is 0 Å². The first-order valence-corrected chi connectivity index (χ1v) is 10.7. The summed E-state index contributed by atoms with van der Waals surface area (Å²) in [5.74, 6) is 0.0387. The number of carbonyl (C=O) groups excluding carboxylic acids is 2. The van der Waals surface area contributed by atoms with E-state index in [1.807, 2.05) is 4.90 Å². The highest BCUT2D eigenvalue weighted by Gasteiger charge is 2.31. The Balaban J connectivity index is 1.54. The van der Waals surface area contributed by atoms with Crippen LogP contribution in [0.15, 0.2) is 18.2 Å². The first kappa shape index (κ1) is 22.3. The van der Waals surface area contributed by atoms with Gasteiger partial charge in [0.25, 0.3) is 5.91 Å². The number of hydrogen-bond donors (Lipinski definition) is 1. The number of rotatable bonds is 8. The molecule has 2 amide bonds. The Bertz CT molecular complexity index is 738. The fourth-order valence-electron chi connectivity index (χ4n) is 4.58. The predicted octanol–water partition coefficient (Wildman–Crippen LogP) is 3.99. The zero-order chi connectivity index (χ0) is 21.5. The molecule has 0 spiro atoms. The summed E-state index contributed by atoms with van der Waals surface area (Å²) in [7, 11) is 1.30. The maximum Gasteiger partial charge on any atom is 0.387 e. The van der Waals surface area contributed by atoms with E-state index in [-0.39, 0.29) is 35.6 Å². The van der Waals surface area contributed by atoms with Gasteiger partial charge in [0.1, 0.15) is 0 Å². The zero-order valence-electron chi connectivity index (χ0n) is 17.4. The molecule has 1 saturated carbocycles. The van der Waals surface area contributed by atoms with Crippen molar-refractivity contribution in [3.05, 3.63) is 23.8 Å². The van der Waals surface area contributed by atoms with Crippen LogP contribution in [0.3, 0.4) is 0 Å². The van der Waals surface area contributed by atoms with Gasteiger partial charge in [0.05, 0.1) is 13.7 Å². The Morgan fingerprint density at radius 1 is 1.13 bits per heavy atom. The van der Waals surface area contributed by atoms with Gasteiger partial charge in [-0.3, -0.25) is 9.59 Å². The highest BCUT2D eigenvalue weighted by atomic mass is 19.3. The summed E-state index contributed by atoms with van der Waals surface area (Å²) in [6, 6.07) is 4.20. The second kappa shape index (κ2) is 10.6. The Morgan fingerprint density at radius 3 is 2.60 bits per heavy atom. The number of ether oxygens (including phenoxy) is 2. The molecule has 1 aliphatic heterocycles. The quantitative estimate of drug-likeness (QED) is 0.685. The molecule has 1 N–H and O–H groups in total. The average molecular weight is 424 g/mol. The van der Waals surface area contributed by atoms with Crippen LogP contribution in [0, 0.1) is 5.92 Å². The van der Waals surface area contributed by atoms with Gasteiger partial charge in [0.2, 0.25) is 5.91 Å². The third kappa shape index (κ3) is 5.83. The number of benzene rings is 1. The standard InChI is InChI=1S/C22H30F2N2O4/c1-29-19-13-16(9-10-18(19)30-22(23)24)21(28)25-14-20(27)26-11-5-8-17(26)12-15-6-3-2-4-7-15/h9-10,13,15,17,22H,2-8,11-12,14H2,1H3,(H,25,28). The second-order valence-electron chi connectivity index (χ2n) is 8.05. The van der Waals surface area contributed by atoms with Gasteiger partial charge in [0, 0.05) is 18.2 Å². The molecule has 8 heteroatoms. The fraction of sp³-hybridized carbons (Fsp3) is 0.636. The van der Waals surface area contributed by atoms with Crippen molar-refractivity contribution in [2.45, 2.75) is 64.0 Å². The molecule has 3 rings (SSSR count). The average Bonchev–Trinajstić information content (AvgIpc) is 3.20. The van der Waals surface area contributed by atoms with Crippen molar-refractivity contribution in [3.63, 3.8) is 0 Å². The molecular weight excluding hydrogens is 394 g/mol. The molecule has 6 nitrogen and oxygen atoms in total. The van der Waals surface area contributed by atoms with Gasteiger partial charge in [-0.1, -0.05) is 32.1 Å². The molecule has 1 aromatic rings. The minimum Gasteiger partial charge on any atom is -0.493 e. The number of methoxy groups -OCH3 is 1. The Hall–Kier alpha value is -2.38. The normalized spacial score (nSPS) is 19.7. The molecule has 0 bridgehead atoms. The van der Waals surface area contributed by atoms with Crippen LogP contribution in [0.4, 0.5) is 8.78 Å². The van der Waals surface area contributed by atoms with Crippen LogP contribution in [0.25, 0.3) is 0 Å². The van der Waals surface area contributed by atoms with Crippen LogP contribution in [0.2, 0.25) is 0 Å². The van der Waals surface area contributed by atoms with E-state index < -0.39 is 12.5 Å². The molecule has 166 valence electrons. The van der Waals surface area contributed by atoms with E-state index in [2.05, 4.69) is 10.1 Å². The monoisotopic (exact) mass is 424 g/mol. The minimum atomic E-state index is -2.99. The van der Waals surface area contributed by atoms with Gasteiger partial charge in [-0.2, -0.15) is 8.78 Å². The highest BCUT2D eigenvalue weighted by Crippen LogP contribution is 2.32. The number of amides is 2. The lowest BCUT2D eigenvalue weighted by molar-refractivity contribution is -0.131. The number of halogens is 2. The van der Waals surface area contributed by atoms with Crippen LogP contribution in [-0.4, -0.2) is 49.6 Å². The Labute approximate surface area is 175 Å². The van der Waals surface area contributed by atoms with E-state index in [0.29, 0.717) is 5.92 Å². The van der Waals surface area contributed by atoms with Crippen LogP contribution in [0.1, 0.15) is 61.7 Å². The third-order valence-corrected chi connectivity index (χ3v) is 6.07. The Morgan fingerprint density at radius 2 is 1.90 bits per heavy atom. The number of nitrogens with zero attached hydrogens (tertiary/aromatic N) is 1. The van der Waals surface area contributed by atoms with Gasteiger partial charge >= 0.3 is 6.61 Å². The lowest BCUT2D eigenvalue weighted by Crippen LogP contribution is -2.43. The number of nitrogens with one attached hydrogen (secondary N) is 1. The van der Waals surface area contributed by atoms with E-state index >= 15 is 0 Å². The molecule has 1 aliphatic carbocycles. The van der Waals surface area contributed by atoms with E-state index in [9.17, 15) is 18.4 Å². The van der Waals surface area contributed by atoms with Crippen molar-refractivity contribution in [1.29, 1.82) is 0 Å².